The van der Waals surface area contributed by atoms with E-state index in [4.69, 9.17) is 15.2 Å². The van der Waals surface area contributed by atoms with Gasteiger partial charge in [-0.15, -0.1) is 11.8 Å². The molecule has 0 unspecified atom stereocenters. The first kappa shape index (κ1) is 16.7. The van der Waals surface area contributed by atoms with Gasteiger partial charge in [0.05, 0.1) is 19.3 Å². The zero-order valence-electron chi connectivity index (χ0n) is 12.1. The van der Waals surface area contributed by atoms with Gasteiger partial charge >= 0.3 is 0 Å². The Morgan fingerprint density at radius 2 is 1.95 bits per heavy atom. The molecule has 0 aliphatic carbocycles. The predicted octanol–water partition coefficient (Wildman–Crippen LogP) is 0.730. The zero-order valence-corrected chi connectivity index (χ0v) is 12.9. The standard InChI is InChI=1S/C15H23NO4S/c1-2-21-15-12(16)14(18)13(17)11(20-15)9-19-8-10-6-4-3-5-7-10/h3-7,11-15,17-18H,2,8-9,16H2,1H3/t11-,12-,13-,14-,15+/m1/s1. The average Bonchev–Trinajstić information content (AvgIpc) is 2.51. The molecule has 1 heterocycles. The van der Waals surface area contributed by atoms with Gasteiger partial charge in [0.15, 0.2) is 0 Å². The maximum absolute atomic E-state index is 10.0. The number of benzene rings is 1. The second-order valence-electron chi connectivity index (χ2n) is 5.06. The highest BCUT2D eigenvalue weighted by Gasteiger charge is 2.42. The Bertz CT molecular complexity index is 419. The van der Waals surface area contributed by atoms with Gasteiger partial charge in [-0.05, 0) is 11.3 Å². The maximum Gasteiger partial charge on any atom is 0.121 e. The topological polar surface area (TPSA) is 84.9 Å². The number of hydrogen-bond acceptors (Lipinski definition) is 6. The number of aliphatic hydroxyl groups excluding tert-OH is 2. The van der Waals surface area contributed by atoms with Gasteiger partial charge in [-0.25, -0.2) is 0 Å². The van der Waals surface area contributed by atoms with Gasteiger partial charge < -0.3 is 25.4 Å². The number of aliphatic hydroxyl groups is 2. The van der Waals surface area contributed by atoms with Crippen molar-refractivity contribution in [3.05, 3.63) is 35.9 Å². The van der Waals surface area contributed by atoms with Gasteiger partial charge in [0, 0.05) is 0 Å². The van der Waals surface area contributed by atoms with Crippen LogP contribution in [-0.4, -0.2) is 52.4 Å². The van der Waals surface area contributed by atoms with Crippen LogP contribution < -0.4 is 5.73 Å². The summed E-state index contributed by atoms with van der Waals surface area (Å²) < 4.78 is 11.4. The maximum atomic E-state index is 10.0. The molecule has 0 spiro atoms. The van der Waals surface area contributed by atoms with Crippen LogP contribution >= 0.6 is 11.8 Å². The first-order valence-corrected chi connectivity index (χ1v) is 8.18. The first-order valence-electron chi connectivity index (χ1n) is 7.14. The fourth-order valence-electron chi connectivity index (χ4n) is 2.27. The summed E-state index contributed by atoms with van der Waals surface area (Å²) in [5, 5.41) is 20.1. The SMILES string of the molecule is CCS[C@@H]1O[C@H](COCc2ccccc2)[C@@H](O)[C@H](O)[C@H]1N. The minimum atomic E-state index is -1.02. The van der Waals surface area contributed by atoms with Gasteiger partial charge in [0.2, 0.25) is 0 Å². The Hall–Kier alpha value is -0.630. The van der Waals surface area contributed by atoms with E-state index in [-0.39, 0.29) is 12.0 Å². The Balaban J connectivity index is 1.86. The zero-order chi connectivity index (χ0) is 15.2. The summed E-state index contributed by atoms with van der Waals surface area (Å²) in [6.45, 7) is 2.67. The van der Waals surface area contributed by atoms with Crippen molar-refractivity contribution < 1.29 is 19.7 Å². The molecule has 5 nitrogen and oxygen atoms in total. The molecule has 4 N–H and O–H groups in total. The van der Waals surface area contributed by atoms with Gasteiger partial charge in [-0.2, -0.15) is 0 Å². The molecule has 5 atom stereocenters. The summed E-state index contributed by atoms with van der Waals surface area (Å²) in [5.74, 6) is 0.832. The highest BCUT2D eigenvalue weighted by molar-refractivity contribution is 7.99. The van der Waals surface area contributed by atoms with Crippen molar-refractivity contribution in [1.29, 1.82) is 0 Å². The van der Waals surface area contributed by atoms with E-state index in [2.05, 4.69) is 0 Å². The van der Waals surface area contributed by atoms with E-state index in [1.54, 1.807) is 0 Å². The lowest BCUT2D eigenvalue weighted by Crippen LogP contribution is -2.61. The summed E-state index contributed by atoms with van der Waals surface area (Å²) in [5.41, 5.74) is 6.62. The van der Waals surface area contributed by atoms with E-state index < -0.39 is 24.4 Å². The van der Waals surface area contributed by atoms with Crippen molar-refractivity contribution in [2.24, 2.45) is 5.73 Å². The van der Waals surface area contributed by atoms with E-state index in [0.717, 1.165) is 11.3 Å². The van der Waals surface area contributed by atoms with Crippen LogP contribution in [0, 0.1) is 0 Å². The third-order valence-corrected chi connectivity index (χ3v) is 4.56. The molecule has 1 saturated heterocycles. The lowest BCUT2D eigenvalue weighted by Gasteiger charge is -2.40. The molecule has 0 amide bonds. The predicted molar refractivity (Wildman–Crippen MR) is 82.9 cm³/mol. The molecule has 2 rings (SSSR count). The van der Waals surface area contributed by atoms with E-state index >= 15 is 0 Å². The third-order valence-electron chi connectivity index (χ3n) is 3.47. The number of thioether (sulfide) groups is 1. The second-order valence-corrected chi connectivity index (χ2v) is 6.43. The van der Waals surface area contributed by atoms with Crippen molar-refractivity contribution >= 4 is 11.8 Å². The summed E-state index contributed by atoms with van der Waals surface area (Å²) in [6.07, 6.45) is -2.58. The van der Waals surface area contributed by atoms with Crippen molar-refractivity contribution in [3.63, 3.8) is 0 Å². The molecule has 0 aromatic heterocycles. The van der Waals surface area contributed by atoms with Crippen LogP contribution in [0.1, 0.15) is 12.5 Å². The van der Waals surface area contributed by atoms with E-state index in [9.17, 15) is 10.2 Å². The van der Waals surface area contributed by atoms with E-state index in [1.807, 2.05) is 37.3 Å². The number of hydrogen-bond donors (Lipinski definition) is 3. The monoisotopic (exact) mass is 313 g/mol. The van der Waals surface area contributed by atoms with E-state index in [1.165, 1.54) is 11.8 Å². The minimum Gasteiger partial charge on any atom is -0.389 e. The van der Waals surface area contributed by atoms with Gasteiger partial charge in [0.1, 0.15) is 23.7 Å². The molecule has 0 saturated carbocycles. The number of rotatable bonds is 6. The van der Waals surface area contributed by atoms with E-state index in [0.29, 0.717) is 6.61 Å². The van der Waals surface area contributed by atoms with Crippen molar-refractivity contribution in [2.75, 3.05) is 12.4 Å². The summed E-state index contributed by atoms with van der Waals surface area (Å²) in [7, 11) is 0. The molecule has 1 aliphatic rings. The summed E-state index contributed by atoms with van der Waals surface area (Å²) >= 11 is 1.53. The van der Waals surface area contributed by atoms with Gasteiger partial charge in [0.25, 0.3) is 0 Å². The second kappa shape index (κ2) is 8.12. The van der Waals surface area contributed by atoms with Crippen molar-refractivity contribution in [1.82, 2.24) is 0 Å². The van der Waals surface area contributed by atoms with Crippen LogP contribution in [-0.2, 0) is 16.1 Å². The molecule has 1 fully saturated rings. The third kappa shape index (κ3) is 4.42. The Labute approximate surface area is 129 Å². The van der Waals surface area contributed by atoms with Crippen LogP contribution in [0.4, 0.5) is 0 Å². The molecule has 1 aromatic carbocycles. The first-order chi connectivity index (χ1) is 10.1. The molecule has 21 heavy (non-hydrogen) atoms. The van der Waals surface area contributed by atoms with Crippen LogP contribution in [0.3, 0.4) is 0 Å². The fraction of sp³-hybridized carbons (Fsp3) is 0.600. The Morgan fingerprint density at radius 1 is 1.24 bits per heavy atom. The van der Waals surface area contributed by atoms with Crippen LogP contribution in [0.15, 0.2) is 30.3 Å². The minimum absolute atomic E-state index is 0.223. The molecule has 6 heteroatoms. The molecule has 1 aromatic rings. The lowest BCUT2D eigenvalue weighted by molar-refractivity contribution is -0.173. The van der Waals surface area contributed by atoms with Crippen molar-refractivity contribution in [3.8, 4) is 0 Å². The highest BCUT2D eigenvalue weighted by Crippen LogP contribution is 2.27. The molecular weight excluding hydrogens is 290 g/mol. The Morgan fingerprint density at radius 3 is 2.62 bits per heavy atom. The summed E-state index contributed by atoms with van der Waals surface area (Å²) in [4.78, 5) is 0. The molecule has 0 bridgehead atoms. The quantitative estimate of drug-likeness (QED) is 0.718. The normalized spacial score (nSPS) is 33.0. The highest BCUT2D eigenvalue weighted by atomic mass is 32.2. The number of ether oxygens (including phenoxy) is 2. The number of nitrogens with two attached hydrogens (primary N) is 1. The van der Waals surface area contributed by atoms with Crippen LogP contribution in [0.2, 0.25) is 0 Å². The largest absolute Gasteiger partial charge is 0.389 e. The molecular formula is C15H23NO4S. The lowest BCUT2D eigenvalue weighted by atomic mass is 9.99. The molecule has 1 aliphatic heterocycles. The van der Waals surface area contributed by atoms with Gasteiger partial charge in [-0.3, -0.25) is 0 Å². The smallest absolute Gasteiger partial charge is 0.121 e. The Kier molecular flexibility index (Phi) is 6.47. The average molecular weight is 313 g/mol. The van der Waals surface area contributed by atoms with Crippen molar-refractivity contribution in [2.45, 2.75) is 43.3 Å². The fourth-order valence-corrected chi connectivity index (χ4v) is 3.20. The molecule has 0 radical (unpaired) electrons. The summed E-state index contributed by atoms with van der Waals surface area (Å²) in [6, 6.07) is 9.19. The van der Waals surface area contributed by atoms with Crippen LogP contribution in [0.5, 0.6) is 0 Å². The molecule has 118 valence electrons. The van der Waals surface area contributed by atoms with Crippen LogP contribution in [0.25, 0.3) is 0 Å². The van der Waals surface area contributed by atoms with Gasteiger partial charge in [-0.1, -0.05) is 37.3 Å².